The monoisotopic (exact) mass is 241 g/mol. The molecule has 0 spiro atoms. The number of fused-ring (bicyclic) bond motifs is 1. The van der Waals surface area contributed by atoms with Crippen molar-refractivity contribution in [3.63, 3.8) is 0 Å². The molecule has 0 aliphatic rings. The van der Waals surface area contributed by atoms with Crippen molar-refractivity contribution in [3.05, 3.63) is 40.1 Å². The minimum Gasteiger partial charge on any atom is -0.477 e. The minimum absolute atomic E-state index is 0.0882. The van der Waals surface area contributed by atoms with E-state index >= 15 is 0 Å². The zero-order valence-electron chi connectivity index (χ0n) is 7.37. The lowest BCUT2D eigenvalue weighted by atomic mass is 10.1. The smallest absolute Gasteiger partial charge is 0.354 e. The third-order valence-electron chi connectivity index (χ3n) is 1.98. The van der Waals surface area contributed by atoms with Crippen LogP contribution in [-0.2, 0) is 0 Å². The van der Waals surface area contributed by atoms with E-state index in [1.54, 1.807) is 18.2 Å². The number of pyridine rings is 1. The van der Waals surface area contributed by atoms with Crippen molar-refractivity contribution in [1.82, 2.24) is 4.98 Å². The topological polar surface area (TPSA) is 50.2 Å². The van der Waals surface area contributed by atoms with E-state index in [1.807, 2.05) is 0 Å². The Morgan fingerprint density at radius 3 is 2.73 bits per heavy atom. The number of halogens is 2. The molecule has 0 aliphatic heterocycles. The van der Waals surface area contributed by atoms with Crippen molar-refractivity contribution in [2.45, 2.75) is 0 Å². The van der Waals surface area contributed by atoms with Crippen molar-refractivity contribution in [1.29, 1.82) is 0 Å². The molecule has 0 radical (unpaired) electrons. The Balaban J connectivity index is 2.84. The Morgan fingerprint density at radius 2 is 2.07 bits per heavy atom. The van der Waals surface area contributed by atoms with Gasteiger partial charge in [-0.15, -0.1) is 0 Å². The maximum absolute atomic E-state index is 10.7. The number of hydrogen-bond acceptors (Lipinski definition) is 2. The number of carboxylic acids is 1. The normalized spacial score (nSPS) is 10.5. The maximum Gasteiger partial charge on any atom is 0.354 e. The van der Waals surface area contributed by atoms with Crippen LogP contribution in [0.25, 0.3) is 10.8 Å². The van der Waals surface area contributed by atoms with Crippen LogP contribution in [0.4, 0.5) is 0 Å². The lowest BCUT2D eigenvalue weighted by Gasteiger charge is -2.03. The minimum atomic E-state index is -1.11. The fourth-order valence-electron chi connectivity index (χ4n) is 1.33. The molecule has 0 saturated heterocycles. The molecular weight excluding hydrogens is 237 g/mol. The highest BCUT2D eigenvalue weighted by Crippen LogP contribution is 2.29. The molecule has 3 nitrogen and oxygen atoms in total. The van der Waals surface area contributed by atoms with Crippen LogP contribution in [0.2, 0.25) is 10.2 Å². The first kappa shape index (κ1) is 10.2. The summed E-state index contributed by atoms with van der Waals surface area (Å²) in [4.78, 5) is 14.5. The first-order chi connectivity index (χ1) is 7.09. The summed E-state index contributed by atoms with van der Waals surface area (Å²) in [6.07, 6.45) is 0. The summed E-state index contributed by atoms with van der Waals surface area (Å²) >= 11 is 11.8. The second-order valence-corrected chi connectivity index (χ2v) is 3.71. The van der Waals surface area contributed by atoms with Crippen molar-refractivity contribution >= 4 is 39.9 Å². The number of carboxylic acid groups (broad SMARTS) is 1. The summed E-state index contributed by atoms with van der Waals surface area (Å²) < 4.78 is 0. The quantitative estimate of drug-likeness (QED) is 0.781. The van der Waals surface area contributed by atoms with E-state index in [0.29, 0.717) is 15.8 Å². The van der Waals surface area contributed by atoms with Crippen molar-refractivity contribution in [2.75, 3.05) is 0 Å². The Hall–Kier alpha value is -1.32. The number of hydrogen-bond donors (Lipinski definition) is 1. The number of carbonyl (C=O) groups is 1. The van der Waals surface area contributed by atoms with E-state index in [4.69, 9.17) is 28.3 Å². The summed E-state index contributed by atoms with van der Waals surface area (Å²) in [5.41, 5.74) is -0.0882. The second-order valence-electron chi connectivity index (χ2n) is 2.94. The molecule has 0 saturated carbocycles. The Labute approximate surface area is 95.3 Å². The van der Waals surface area contributed by atoms with Crippen LogP contribution in [-0.4, -0.2) is 16.1 Å². The lowest BCUT2D eigenvalue weighted by Crippen LogP contribution is -2.00. The van der Waals surface area contributed by atoms with Gasteiger partial charge >= 0.3 is 5.97 Å². The predicted molar refractivity (Wildman–Crippen MR) is 58.7 cm³/mol. The number of aromatic carboxylic acids is 1. The molecule has 1 aromatic carbocycles. The molecule has 2 rings (SSSR count). The van der Waals surface area contributed by atoms with Crippen LogP contribution in [0.1, 0.15) is 10.5 Å². The summed E-state index contributed by atoms with van der Waals surface area (Å²) in [5, 5.41) is 10.6. The van der Waals surface area contributed by atoms with Gasteiger partial charge in [-0.3, -0.25) is 0 Å². The zero-order valence-corrected chi connectivity index (χ0v) is 8.88. The van der Waals surface area contributed by atoms with E-state index in [-0.39, 0.29) is 10.8 Å². The predicted octanol–water partition coefficient (Wildman–Crippen LogP) is 3.24. The zero-order chi connectivity index (χ0) is 11.0. The van der Waals surface area contributed by atoms with Crippen LogP contribution < -0.4 is 0 Å². The van der Waals surface area contributed by atoms with E-state index in [0.717, 1.165) is 0 Å². The molecule has 0 fully saturated rings. The van der Waals surface area contributed by atoms with Crippen molar-refractivity contribution in [2.24, 2.45) is 0 Å². The van der Waals surface area contributed by atoms with Gasteiger partial charge in [-0.25, -0.2) is 9.78 Å². The largest absolute Gasteiger partial charge is 0.477 e. The molecule has 15 heavy (non-hydrogen) atoms. The van der Waals surface area contributed by atoms with Crippen LogP contribution in [0.5, 0.6) is 0 Å². The van der Waals surface area contributed by atoms with E-state index in [1.165, 1.54) is 6.07 Å². The fourth-order valence-corrected chi connectivity index (χ4v) is 1.95. The molecule has 0 amide bonds. The highest BCUT2D eigenvalue weighted by atomic mass is 35.5. The first-order valence-corrected chi connectivity index (χ1v) is 4.83. The van der Waals surface area contributed by atoms with Crippen LogP contribution in [0, 0.1) is 0 Å². The molecule has 1 heterocycles. The van der Waals surface area contributed by atoms with E-state index in [9.17, 15) is 4.79 Å². The highest BCUT2D eigenvalue weighted by Gasteiger charge is 2.11. The maximum atomic E-state index is 10.7. The Morgan fingerprint density at radius 1 is 1.33 bits per heavy atom. The van der Waals surface area contributed by atoms with Gasteiger partial charge in [0.2, 0.25) is 0 Å². The number of nitrogens with zero attached hydrogens (tertiary/aromatic N) is 1. The summed E-state index contributed by atoms with van der Waals surface area (Å²) in [6.45, 7) is 0. The molecule has 0 atom stereocenters. The van der Waals surface area contributed by atoms with E-state index < -0.39 is 5.97 Å². The third kappa shape index (κ3) is 1.76. The van der Waals surface area contributed by atoms with Gasteiger partial charge in [-0.1, -0.05) is 35.3 Å². The van der Waals surface area contributed by atoms with Crippen molar-refractivity contribution in [3.8, 4) is 0 Å². The van der Waals surface area contributed by atoms with Gasteiger partial charge in [0.05, 0.1) is 5.02 Å². The highest BCUT2D eigenvalue weighted by molar-refractivity contribution is 6.41. The molecule has 0 bridgehead atoms. The van der Waals surface area contributed by atoms with Gasteiger partial charge in [0.15, 0.2) is 5.69 Å². The molecule has 1 aromatic heterocycles. The average molecular weight is 242 g/mol. The molecule has 1 N–H and O–H groups in total. The molecular formula is C10H5Cl2NO2. The molecule has 5 heteroatoms. The second kappa shape index (κ2) is 3.68. The summed E-state index contributed by atoms with van der Waals surface area (Å²) in [7, 11) is 0. The number of benzene rings is 1. The number of rotatable bonds is 1. The van der Waals surface area contributed by atoms with Gasteiger partial charge in [0.25, 0.3) is 0 Å². The third-order valence-corrected chi connectivity index (χ3v) is 2.57. The van der Waals surface area contributed by atoms with Gasteiger partial charge in [-0.05, 0) is 17.5 Å². The van der Waals surface area contributed by atoms with Crippen LogP contribution in [0.3, 0.4) is 0 Å². The van der Waals surface area contributed by atoms with Crippen LogP contribution in [0.15, 0.2) is 24.3 Å². The Bertz CT molecular complexity index is 554. The lowest BCUT2D eigenvalue weighted by molar-refractivity contribution is 0.0690. The molecule has 0 aliphatic carbocycles. The van der Waals surface area contributed by atoms with Gasteiger partial charge < -0.3 is 5.11 Å². The first-order valence-electron chi connectivity index (χ1n) is 4.07. The molecule has 76 valence electrons. The van der Waals surface area contributed by atoms with E-state index in [2.05, 4.69) is 4.98 Å². The van der Waals surface area contributed by atoms with Gasteiger partial charge in [-0.2, -0.15) is 0 Å². The SMILES string of the molecule is O=C(O)c1cc2cccc(Cl)c2c(Cl)n1. The fraction of sp³-hybridized carbons (Fsp3) is 0. The Kier molecular flexibility index (Phi) is 2.50. The average Bonchev–Trinajstić information content (AvgIpc) is 2.17. The van der Waals surface area contributed by atoms with Crippen molar-refractivity contribution < 1.29 is 9.90 Å². The number of aromatic nitrogens is 1. The molecule has 0 unspecified atom stereocenters. The standard InChI is InChI=1S/C10H5Cl2NO2/c11-6-3-1-2-5-4-7(10(14)15)13-9(12)8(5)6/h1-4H,(H,14,15). The van der Waals surface area contributed by atoms with Gasteiger partial charge in [0, 0.05) is 5.39 Å². The van der Waals surface area contributed by atoms with Gasteiger partial charge in [0.1, 0.15) is 5.15 Å². The van der Waals surface area contributed by atoms with Crippen LogP contribution >= 0.6 is 23.2 Å². The summed E-state index contributed by atoms with van der Waals surface area (Å²) in [6, 6.07) is 6.58. The summed E-state index contributed by atoms with van der Waals surface area (Å²) in [5.74, 6) is -1.11. The molecule has 2 aromatic rings.